The molecule has 0 aliphatic rings. The number of benzene rings is 2. The molecular weight excluding hydrogens is 388 g/mol. The highest BCUT2D eigenvalue weighted by atomic mass is 32.1. The van der Waals surface area contributed by atoms with E-state index in [0.717, 1.165) is 22.0 Å². The SMILES string of the molecule is COc1ccc(-c2nc(CCNC(=O)C(C)Oc3ccccc3OC)cs2)cc1. The van der Waals surface area contributed by atoms with Gasteiger partial charge in [-0.15, -0.1) is 11.3 Å². The Morgan fingerprint density at radius 1 is 1.07 bits per heavy atom. The van der Waals surface area contributed by atoms with Gasteiger partial charge in [-0.05, 0) is 43.3 Å². The van der Waals surface area contributed by atoms with E-state index in [1.807, 2.05) is 41.8 Å². The van der Waals surface area contributed by atoms with Crippen LogP contribution < -0.4 is 19.5 Å². The maximum atomic E-state index is 12.3. The van der Waals surface area contributed by atoms with Crippen molar-refractivity contribution in [3.8, 4) is 27.8 Å². The molecule has 1 atom stereocenters. The predicted octanol–water partition coefficient (Wildman–Crippen LogP) is 3.95. The summed E-state index contributed by atoms with van der Waals surface area (Å²) < 4.78 is 16.1. The fraction of sp³-hybridized carbons (Fsp3) is 0.273. The number of carbonyl (C=O) groups is 1. The molecule has 152 valence electrons. The first kappa shape index (κ1) is 20.7. The summed E-state index contributed by atoms with van der Waals surface area (Å²) in [7, 11) is 3.22. The normalized spacial score (nSPS) is 11.6. The van der Waals surface area contributed by atoms with Crippen LogP contribution in [-0.4, -0.2) is 37.8 Å². The van der Waals surface area contributed by atoms with E-state index in [0.29, 0.717) is 24.5 Å². The number of hydrogen-bond donors (Lipinski definition) is 1. The van der Waals surface area contributed by atoms with Crippen molar-refractivity contribution in [2.45, 2.75) is 19.4 Å². The Balaban J connectivity index is 1.49. The summed E-state index contributed by atoms with van der Waals surface area (Å²) in [4.78, 5) is 17.0. The number of rotatable bonds is 9. The van der Waals surface area contributed by atoms with Gasteiger partial charge in [-0.2, -0.15) is 0 Å². The highest BCUT2D eigenvalue weighted by Gasteiger charge is 2.16. The smallest absolute Gasteiger partial charge is 0.260 e. The lowest BCUT2D eigenvalue weighted by Crippen LogP contribution is -2.37. The molecule has 1 amide bonds. The van der Waals surface area contributed by atoms with Crippen LogP contribution in [0.4, 0.5) is 0 Å². The summed E-state index contributed by atoms with van der Waals surface area (Å²) in [5.41, 5.74) is 1.99. The summed E-state index contributed by atoms with van der Waals surface area (Å²) in [6.45, 7) is 2.21. The number of amides is 1. The zero-order valence-electron chi connectivity index (χ0n) is 16.7. The second kappa shape index (κ2) is 9.93. The van der Waals surface area contributed by atoms with Crippen LogP contribution in [0.1, 0.15) is 12.6 Å². The Morgan fingerprint density at radius 3 is 2.48 bits per heavy atom. The molecule has 0 saturated carbocycles. The van der Waals surface area contributed by atoms with Gasteiger partial charge in [0, 0.05) is 23.9 Å². The molecule has 0 aliphatic carbocycles. The van der Waals surface area contributed by atoms with Gasteiger partial charge in [-0.25, -0.2) is 4.98 Å². The number of hydrogen-bond acceptors (Lipinski definition) is 6. The first-order valence-electron chi connectivity index (χ1n) is 9.27. The van der Waals surface area contributed by atoms with Gasteiger partial charge in [0.1, 0.15) is 10.8 Å². The van der Waals surface area contributed by atoms with Crippen LogP contribution in [0.15, 0.2) is 53.9 Å². The van der Waals surface area contributed by atoms with Gasteiger partial charge in [0.15, 0.2) is 17.6 Å². The predicted molar refractivity (Wildman–Crippen MR) is 114 cm³/mol. The molecule has 2 aromatic carbocycles. The van der Waals surface area contributed by atoms with Gasteiger partial charge >= 0.3 is 0 Å². The van der Waals surface area contributed by atoms with Gasteiger partial charge < -0.3 is 19.5 Å². The van der Waals surface area contributed by atoms with Crippen LogP contribution in [0.25, 0.3) is 10.6 Å². The number of ether oxygens (including phenoxy) is 3. The quantitative estimate of drug-likeness (QED) is 0.576. The number of para-hydroxylation sites is 2. The Labute approximate surface area is 174 Å². The lowest BCUT2D eigenvalue weighted by molar-refractivity contribution is -0.127. The number of nitrogens with zero attached hydrogens (tertiary/aromatic N) is 1. The van der Waals surface area contributed by atoms with Gasteiger partial charge in [0.25, 0.3) is 5.91 Å². The number of nitrogens with one attached hydrogen (secondary N) is 1. The summed E-state index contributed by atoms with van der Waals surface area (Å²) in [5.74, 6) is 1.78. The fourth-order valence-electron chi connectivity index (χ4n) is 2.71. The standard InChI is InChI=1S/C22H24N2O4S/c1-15(28-20-7-5-4-6-19(20)27-3)21(25)23-13-12-17-14-29-22(24-17)16-8-10-18(26-2)11-9-16/h4-11,14-15H,12-13H2,1-3H3,(H,23,25). The third-order valence-corrected chi connectivity index (χ3v) is 5.25. The molecule has 3 rings (SSSR count). The zero-order valence-corrected chi connectivity index (χ0v) is 17.5. The van der Waals surface area contributed by atoms with Crippen molar-refractivity contribution in [2.24, 2.45) is 0 Å². The molecule has 0 fully saturated rings. The summed E-state index contributed by atoms with van der Waals surface area (Å²) in [6, 6.07) is 15.1. The lowest BCUT2D eigenvalue weighted by Gasteiger charge is -2.16. The molecule has 0 spiro atoms. The average molecular weight is 413 g/mol. The molecular formula is C22H24N2O4S. The lowest BCUT2D eigenvalue weighted by atomic mass is 10.2. The van der Waals surface area contributed by atoms with Gasteiger partial charge in [-0.3, -0.25) is 4.79 Å². The van der Waals surface area contributed by atoms with E-state index in [4.69, 9.17) is 14.2 Å². The molecule has 0 bridgehead atoms. The zero-order chi connectivity index (χ0) is 20.6. The van der Waals surface area contributed by atoms with Gasteiger partial charge in [0.2, 0.25) is 0 Å². The van der Waals surface area contributed by atoms with E-state index in [1.54, 1.807) is 44.6 Å². The summed E-state index contributed by atoms with van der Waals surface area (Å²) >= 11 is 1.58. The molecule has 1 N–H and O–H groups in total. The summed E-state index contributed by atoms with van der Waals surface area (Å²) in [6.07, 6.45) is 0.0244. The molecule has 29 heavy (non-hydrogen) atoms. The van der Waals surface area contributed by atoms with Crippen LogP contribution >= 0.6 is 11.3 Å². The van der Waals surface area contributed by atoms with Crippen LogP contribution in [-0.2, 0) is 11.2 Å². The second-order valence-corrected chi connectivity index (χ2v) is 7.18. The molecule has 3 aromatic rings. The highest BCUT2D eigenvalue weighted by Crippen LogP contribution is 2.27. The molecule has 1 aromatic heterocycles. The maximum absolute atomic E-state index is 12.3. The third kappa shape index (κ3) is 5.48. The minimum Gasteiger partial charge on any atom is -0.497 e. The van der Waals surface area contributed by atoms with E-state index in [1.165, 1.54) is 0 Å². The summed E-state index contributed by atoms with van der Waals surface area (Å²) in [5, 5.41) is 5.86. The second-order valence-electron chi connectivity index (χ2n) is 6.32. The topological polar surface area (TPSA) is 69.7 Å². The van der Waals surface area contributed by atoms with E-state index >= 15 is 0 Å². The monoisotopic (exact) mass is 412 g/mol. The van der Waals surface area contributed by atoms with Gasteiger partial charge in [0.05, 0.1) is 19.9 Å². The van der Waals surface area contributed by atoms with Crippen LogP contribution in [0, 0.1) is 0 Å². The van der Waals surface area contributed by atoms with Crippen molar-refractivity contribution in [3.63, 3.8) is 0 Å². The highest BCUT2D eigenvalue weighted by molar-refractivity contribution is 7.13. The number of methoxy groups -OCH3 is 2. The van der Waals surface area contributed by atoms with Gasteiger partial charge in [-0.1, -0.05) is 12.1 Å². The first-order chi connectivity index (χ1) is 14.1. The van der Waals surface area contributed by atoms with Crippen molar-refractivity contribution >= 4 is 17.2 Å². The molecule has 6 nitrogen and oxygen atoms in total. The molecule has 1 unspecified atom stereocenters. The van der Waals surface area contributed by atoms with Crippen molar-refractivity contribution in [3.05, 3.63) is 59.6 Å². The van der Waals surface area contributed by atoms with Crippen LogP contribution in [0.3, 0.4) is 0 Å². The number of thiazole rings is 1. The minimum absolute atomic E-state index is 0.179. The first-order valence-corrected chi connectivity index (χ1v) is 10.1. The van der Waals surface area contributed by atoms with Crippen molar-refractivity contribution in [1.29, 1.82) is 0 Å². The minimum atomic E-state index is -0.628. The Morgan fingerprint density at radius 2 is 1.79 bits per heavy atom. The van der Waals surface area contributed by atoms with E-state index in [9.17, 15) is 4.79 Å². The Kier molecular flexibility index (Phi) is 7.08. The van der Waals surface area contributed by atoms with Crippen molar-refractivity contribution in [1.82, 2.24) is 10.3 Å². The molecule has 1 heterocycles. The van der Waals surface area contributed by atoms with E-state index < -0.39 is 6.10 Å². The molecule has 0 saturated heterocycles. The fourth-order valence-corrected chi connectivity index (χ4v) is 3.57. The number of carbonyl (C=O) groups excluding carboxylic acids is 1. The van der Waals surface area contributed by atoms with Crippen LogP contribution in [0.5, 0.6) is 17.2 Å². The van der Waals surface area contributed by atoms with E-state index in [-0.39, 0.29) is 5.91 Å². The molecule has 0 aliphatic heterocycles. The maximum Gasteiger partial charge on any atom is 0.260 e. The van der Waals surface area contributed by atoms with Crippen molar-refractivity contribution < 1.29 is 19.0 Å². The van der Waals surface area contributed by atoms with Crippen LogP contribution in [0.2, 0.25) is 0 Å². The van der Waals surface area contributed by atoms with E-state index in [2.05, 4.69) is 10.3 Å². The third-order valence-electron chi connectivity index (χ3n) is 4.31. The Bertz CT molecular complexity index is 940. The number of aromatic nitrogens is 1. The average Bonchev–Trinajstić information content (AvgIpc) is 3.23. The molecule has 7 heteroatoms. The molecule has 0 radical (unpaired) electrons. The Hall–Kier alpha value is -3.06. The van der Waals surface area contributed by atoms with Crippen molar-refractivity contribution in [2.75, 3.05) is 20.8 Å². The largest absolute Gasteiger partial charge is 0.497 e.